The fourth-order valence-electron chi connectivity index (χ4n) is 6.27. The smallest absolute Gasteiger partial charge is 0.243 e. The lowest BCUT2D eigenvalue weighted by atomic mass is 9.69. The molecule has 1 aromatic rings. The Labute approximate surface area is 173 Å². The number of nitrogens with zero attached hydrogens (tertiary/aromatic N) is 1. The van der Waals surface area contributed by atoms with Gasteiger partial charge in [-0.1, -0.05) is 57.3 Å². The van der Waals surface area contributed by atoms with Crippen LogP contribution in [-0.4, -0.2) is 30.4 Å². The molecule has 1 aliphatic heterocycles. The van der Waals surface area contributed by atoms with Crippen LogP contribution in [0.25, 0.3) is 0 Å². The molecule has 1 aromatic carbocycles. The molecule has 6 heteroatoms. The molecule has 3 aliphatic rings. The second-order valence-corrected chi connectivity index (χ2v) is 11.8. The Hall–Kier alpha value is -1.07. The first kappa shape index (κ1) is 20.2. The highest BCUT2D eigenvalue weighted by Crippen LogP contribution is 2.70. The third-order valence-electron chi connectivity index (χ3n) is 8.05. The van der Waals surface area contributed by atoms with Crippen molar-refractivity contribution in [2.24, 2.45) is 16.7 Å². The van der Waals surface area contributed by atoms with Crippen molar-refractivity contribution in [1.82, 2.24) is 4.31 Å². The first-order chi connectivity index (χ1) is 13.1. The highest BCUT2D eigenvalue weighted by Gasteiger charge is 2.72. The van der Waals surface area contributed by atoms with E-state index in [2.05, 4.69) is 20.8 Å². The van der Waals surface area contributed by atoms with Gasteiger partial charge in [-0.05, 0) is 54.7 Å². The SMILES string of the molecule is CCCC[C@H](C(=O)N1C2CC3CCC2(CS1(=O)=O)C3(C)C)c1ccc(Cl)cc1. The Morgan fingerprint density at radius 3 is 2.57 bits per heavy atom. The molecule has 4 rings (SSSR count). The van der Waals surface area contributed by atoms with Crippen molar-refractivity contribution in [2.45, 2.75) is 71.3 Å². The molecule has 2 aliphatic carbocycles. The normalized spacial score (nSPS) is 33.1. The number of amides is 1. The highest BCUT2D eigenvalue weighted by molar-refractivity contribution is 7.90. The van der Waals surface area contributed by atoms with E-state index in [0.717, 1.165) is 37.7 Å². The summed E-state index contributed by atoms with van der Waals surface area (Å²) in [7, 11) is -3.59. The van der Waals surface area contributed by atoms with Crippen LogP contribution in [0.4, 0.5) is 0 Å². The van der Waals surface area contributed by atoms with Crippen LogP contribution < -0.4 is 0 Å². The predicted octanol–water partition coefficient (Wildman–Crippen LogP) is 4.98. The van der Waals surface area contributed by atoms with Crippen LogP contribution in [0.1, 0.15) is 70.8 Å². The second kappa shape index (κ2) is 6.73. The summed E-state index contributed by atoms with van der Waals surface area (Å²) in [5.41, 5.74) is 0.557. The Kier molecular flexibility index (Phi) is 4.86. The third-order valence-corrected chi connectivity index (χ3v) is 10.2. The molecule has 4 atom stereocenters. The quantitative estimate of drug-likeness (QED) is 0.670. The molecule has 1 heterocycles. The molecular formula is C22H30ClNO3S. The van der Waals surface area contributed by atoms with Crippen LogP contribution in [0.15, 0.2) is 24.3 Å². The van der Waals surface area contributed by atoms with Gasteiger partial charge in [-0.3, -0.25) is 4.79 Å². The fourth-order valence-corrected chi connectivity index (χ4v) is 8.97. The standard InChI is InChI=1S/C22H30ClNO3S/c1-4-5-6-18(15-7-9-17(23)10-8-15)20(25)24-19-13-16-11-12-22(19,21(16,2)3)14-28(24,26)27/h7-10,16,18-19H,4-6,11-14H2,1-3H3/t16?,18-,19?,22?/m0/s1. The van der Waals surface area contributed by atoms with Gasteiger partial charge >= 0.3 is 0 Å². The van der Waals surface area contributed by atoms with E-state index in [9.17, 15) is 13.2 Å². The van der Waals surface area contributed by atoms with Crippen LogP contribution in [0.5, 0.6) is 0 Å². The number of halogens is 1. The molecule has 2 saturated carbocycles. The summed E-state index contributed by atoms with van der Waals surface area (Å²) in [6, 6.07) is 7.12. The fraction of sp³-hybridized carbons (Fsp3) is 0.682. The number of rotatable bonds is 5. The number of fused-ring (bicyclic) bond motifs is 1. The number of unbranched alkanes of at least 4 members (excludes halogenated alkanes) is 1. The zero-order chi connectivity index (χ0) is 20.3. The van der Waals surface area contributed by atoms with Crippen LogP contribution in [0, 0.1) is 16.7 Å². The van der Waals surface area contributed by atoms with E-state index in [0.29, 0.717) is 17.4 Å². The number of carbonyl (C=O) groups is 1. The van der Waals surface area contributed by atoms with Crippen molar-refractivity contribution in [3.05, 3.63) is 34.9 Å². The summed E-state index contributed by atoms with van der Waals surface area (Å²) in [4.78, 5) is 13.7. The topological polar surface area (TPSA) is 54.5 Å². The van der Waals surface area contributed by atoms with Gasteiger partial charge in [0.15, 0.2) is 0 Å². The van der Waals surface area contributed by atoms with E-state index >= 15 is 0 Å². The summed E-state index contributed by atoms with van der Waals surface area (Å²) in [5, 5.41) is 0.619. The van der Waals surface area contributed by atoms with Crippen molar-refractivity contribution in [3.63, 3.8) is 0 Å². The first-order valence-corrected chi connectivity index (χ1v) is 12.4. The predicted molar refractivity (Wildman–Crippen MR) is 112 cm³/mol. The maximum absolute atomic E-state index is 13.7. The van der Waals surface area contributed by atoms with Crippen LogP contribution >= 0.6 is 11.6 Å². The van der Waals surface area contributed by atoms with Gasteiger partial charge in [0, 0.05) is 10.4 Å². The molecule has 28 heavy (non-hydrogen) atoms. The van der Waals surface area contributed by atoms with E-state index < -0.39 is 15.9 Å². The third kappa shape index (κ3) is 2.76. The molecule has 0 radical (unpaired) electrons. The lowest BCUT2D eigenvalue weighted by Gasteiger charge is -2.37. The average Bonchev–Trinajstić information content (AvgIpc) is 3.10. The van der Waals surface area contributed by atoms with E-state index in [1.807, 2.05) is 12.1 Å². The first-order valence-electron chi connectivity index (χ1n) is 10.5. The molecule has 1 saturated heterocycles. The highest BCUT2D eigenvalue weighted by atomic mass is 35.5. The number of sulfonamides is 1. The van der Waals surface area contributed by atoms with Crippen LogP contribution in [0.2, 0.25) is 5.02 Å². The number of hydrogen-bond donors (Lipinski definition) is 0. The average molecular weight is 424 g/mol. The molecule has 4 nitrogen and oxygen atoms in total. The summed E-state index contributed by atoms with van der Waals surface area (Å²) in [6.45, 7) is 6.51. The van der Waals surface area contributed by atoms with Gasteiger partial charge in [0.2, 0.25) is 15.9 Å². The molecule has 2 bridgehead atoms. The molecule has 1 amide bonds. The lowest BCUT2D eigenvalue weighted by molar-refractivity contribution is -0.130. The Morgan fingerprint density at radius 2 is 1.96 bits per heavy atom. The minimum absolute atomic E-state index is 0.0288. The Morgan fingerprint density at radius 1 is 1.29 bits per heavy atom. The van der Waals surface area contributed by atoms with E-state index in [-0.39, 0.29) is 28.5 Å². The molecule has 0 N–H and O–H groups in total. The van der Waals surface area contributed by atoms with Gasteiger partial charge < -0.3 is 0 Å². The van der Waals surface area contributed by atoms with Gasteiger partial charge in [0.1, 0.15) is 0 Å². The minimum Gasteiger partial charge on any atom is -0.273 e. The van der Waals surface area contributed by atoms with Crippen molar-refractivity contribution >= 4 is 27.5 Å². The molecule has 154 valence electrons. The van der Waals surface area contributed by atoms with E-state index in [1.54, 1.807) is 12.1 Å². The molecule has 3 fully saturated rings. The molecular weight excluding hydrogens is 394 g/mol. The Balaban J connectivity index is 1.71. The number of carbonyl (C=O) groups excluding carboxylic acids is 1. The molecule has 3 unspecified atom stereocenters. The second-order valence-electron chi connectivity index (χ2n) is 9.50. The lowest BCUT2D eigenvalue weighted by Crippen LogP contribution is -2.45. The zero-order valence-electron chi connectivity index (χ0n) is 16.9. The maximum Gasteiger partial charge on any atom is 0.243 e. The van der Waals surface area contributed by atoms with Gasteiger partial charge in [0.25, 0.3) is 0 Å². The van der Waals surface area contributed by atoms with Crippen molar-refractivity contribution in [3.8, 4) is 0 Å². The Bertz CT molecular complexity index is 880. The summed E-state index contributed by atoms with van der Waals surface area (Å²) in [5.74, 6) is -0.0283. The number of hydrogen-bond acceptors (Lipinski definition) is 3. The summed E-state index contributed by atoms with van der Waals surface area (Å²) < 4.78 is 27.8. The van der Waals surface area contributed by atoms with Crippen LogP contribution in [0.3, 0.4) is 0 Å². The van der Waals surface area contributed by atoms with Gasteiger partial charge in [-0.2, -0.15) is 0 Å². The summed E-state index contributed by atoms with van der Waals surface area (Å²) in [6.07, 6.45) is 5.33. The van der Waals surface area contributed by atoms with Crippen molar-refractivity contribution in [2.75, 3.05) is 5.75 Å². The van der Waals surface area contributed by atoms with Crippen molar-refractivity contribution in [1.29, 1.82) is 0 Å². The minimum atomic E-state index is -3.59. The summed E-state index contributed by atoms with van der Waals surface area (Å²) >= 11 is 6.03. The van der Waals surface area contributed by atoms with Gasteiger partial charge in [0.05, 0.1) is 17.7 Å². The maximum atomic E-state index is 13.7. The van der Waals surface area contributed by atoms with Gasteiger partial charge in [-0.15, -0.1) is 0 Å². The van der Waals surface area contributed by atoms with Gasteiger partial charge in [-0.25, -0.2) is 12.7 Å². The molecule has 0 aromatic heterocycles. The van der Waals surface area contributed by atoms with Crippen LogP contribution in [-0.2, 0) is 14.8 Å². The monoisotopic (exact) mass is 423 g/mol. The van der Waals surface area contributed by atoms with E-state index in [4.69, 9.17) is 11.6 Å². The van der Waals surface area contributed by atoms with Crippen molar-refractivity contribution < 1.29 is 13.2 Å². The zero-order valence-corrected chi connectivity index (χ0v) is 18.5. The number of benzene rings is 1. The molecule has 1 spiro atoms. The van der Waals surface area contributed by atoms with E-state index in [1.165, 1.54) is 4.31 Å². The largest absolute Gasteiger partial charge is 0.273 e.